The molecule has 4 fully saturated rings. The monoisotopic (exact) mass is 864 g/mol. The van der Waals surface area contributed by atoms with Gasteiger partial charge in [-0.05, 0) is 133 Å². The average molecular weight is 865 g/mol. The molecule has 11 nitrogen and oxygen atoms in total. The van der Waals surface area contributed by atoms with Crippen LogP contribution in [0.1, 0.15) is 144 Å². The smallest absolute Gasteiger partial charge is 0.312 e. The Bertz CT molecular complexity index is 2230. The molecule has 4 saturated carbocycles. The fraction of sp³-hybridized carbons (Fsp3) is 0.635. The number of allylic oxidation sites excluding steroid dienone is 2. The molecule has 8 atom stereocenters. The van der Waals surface area contributed by atoms with Crippen molar-refractivity contribution in [3.63, 3.8) is 0 Å². The predicted molar refractivity (Wildman–Crippen MR) is 236 cm³/mol. The van der Waals surface area contributed by atoms with Crippen molar-refractivity contribution < 1.29 is 42.9 Å². The molecule has 11 heteroatoms. The Morgan fingerprint density at radius 1 is 0.825 bits per heavy atom. The molecule has 0 radical (unpaired) electrons. The molecule has 1 heterocycles. The number of hydrogen-bond donors (Lipinski definition) is 0. The summed E-state index contributed by atoms with van der Waals surface area (Å²) in [6.07, 6.45) is 12.1. The standard InChI is InChI=1S/C52H68N2O9/c1-9-59-46(57)52-28-26-47(2,3)31-38(52)37-18-19-41-49(6)24-23-42(48(4,5)40(49)22-25-51(41,8)50(37,7)27-29-52)62-44(56)21-20-43(55)61-32-34-14-13-17-36(30-34)60-33-39-45(53-63-54(39)58)35-15-11-10-12-16-35/h10-18,30,38,40-42H,9,19-29,31-33H2,1-8H3/t38-,40-,41+,42-,49-,50+,51+,52-/m0/s1. The van der Waals surface area contributed by atoms with E-state index in [4.69, 9.17) is 23.6 Å². The average Bonchev–Trinajstić information content (AvgIpc) is 3.62. The van der Waals surface area contributed by atoms with Crippen LogP contribution in [0.4, 0.5) is 0 Å². The molecule has 1 aromatic heterocycles. The molecule has 0 bridgehead atoms. The van der Waals surface area contributed by atoms with E-state index in [9.17, 15) is 19.6 Å². The SMILES string of the molecule is CCOC(=O)[C@]12CCC(C)(C)C[C@H]1C1=CC[C@@H]3[C@@]4(C)CC[C@H](OC(=O)CCC(=O)OCc5cccc(OCc6c(-c7ccccc7)no[n+]6[O-])c5)C(C)(C)[C@@H]4CC[C@@]3(C)[C@]1(C)CC2. The van der Waals surface area contributed by atoms with Crippen LogP contribution in [0.15, 0.2) is 70.9 Å². The fourth-order valence-electron chi connectivity index (χ4n) is 13.8. The van der Waals surface area contributed by atoms with E-state index in [-0.39, 0.29) is 82.8 Å². The number of esters is 3. The van der Waals surface area contributed by atoms with Gasteiger partial charge in [-0.3, -0.25) is 19.0 Å². The second-order valence-electron chi connectivity index (χ2n) is 21.6. The van der Waals surface area contributed by atoms with Crippen LogP contribution in [0.2, 0.25) is 0 Å². The predicted octanol–water partition coefficient (Wildman–Crippen LogP) is 10.7. The van der Waals surface area contributed by atoms with Crippen molar-refractivity contribution >= 4 is 17.9 Å². The van der Waals surface area contributed by atoms with Gasteiger partial charge in [0.2, 0.25) is 5.69 Å². The summed E-state index contributed by atoms with van der Waals surface area (Å²) < 4.78 is 28.4. The van der Waals surface area contributed by atoms with Gasteiger partial charge in [0.25, 0.3) is 5.69 Å². The van der Waals surface area contributed by atoms with Crippen LogP contribution in [0.5, 0.6) is 5.75 Å². The second kappa shape index (κ2) is 16.7. The zero-order valence-corrected chi connectivity index (χ0v) is 38.8. The maximum Gasteiger partial charge on any atom is 0.312 e. The van der Waals surface area contributed by atoms with Crippen molar-refractivity contribution in [2.75, 3.05) is 6.61 Å². The van der Waals surface area contributed by atoms with Gasteiger partial charge in [-0.1, -0.05) is 103 Å². The lowest BCUT2D eigenvalue weighted by Gasteiger charge is -2.71. The number of carbonyl (C=O) groups excluding carboxylic acids is 3. The lowest BCUT2D eigenvalue weighted by molar-refractivity contribution is -0.808. The number of carbonyl (C=O) groups is 3. The van der Waals surface area contributed by atoms with E-state index in [1.807, 2.05) is 43.3 Å². The number of rotatable bonds is 12. The van der Waals surface area contributed by atoms with Crippen LogP contribution in [0, 0.1) is 55.5 Å². The maximum absolute atomic E-state index is 13.9. The molecule has 63 heavy (non-hydrogen) atoms. The molecule has 0 saturated heterocycles. The molecular weight excluding hydrogens is 797 g/mol. The van der Waals surface area contributed by atoms with Crippen LogP contribution in [-0.4, -0.2) is 35.8 Å². The summed E-state index contributed by atoms with van der Waals surface area (Å²) in [5.41, 5.74) is 3.30. The van der Waals surface area contributed by atoms with Crippen molar-refractivity contribution in [1.29, 1.82) is 0 Å². The van der Waals surface area contributed by atoms with Gasteiger partial charge < -0.3 is 24.2 Å². The van der Waals surface area contributed by atoms with E-state index in [0.717, 1.165) is 69.8 Å². The third kappa shape index (κ3) is 7.87. The van der Waals surface area contributed by atoms with Crippen molar-refractivity contribution in [3.05, 3.63) is 82.7 Å². The molecule has 5 aliphatic carbocycles. The number of aromatic nitrogens is 2. The van der Waals surface area contributed by atoms with Gasteiger partial charge in [0.1, 0.15) is 18.5 Å². The zero-order valence-electron chi connectivity index (χ0n) is 38.8. The maximum atomic E-state index is 13.9. The molecule has 0 amide bonds. The minimum absolute atomic E-state index is 0.00440. The topological polar surface area (TPSA) is 141 Å². The summed E-state index contributed by atoms with van der Waals surface area (Å²) in [6, 6.07) is 16.3. The van der Waals surface area contributed by atoms with Crippen molar-refractivity contribution in [3.8, 4) is 17.0 Å². The van der Waals surface area contributed by atoms with Gasteiger partial charge in [-0.25, -0.2) is 0 Å². The Morgan fingerprint density at radius 2 is 1.57 bits per heavy atom. The summed E-state index contributed by atoms with van der Waals surface area (Å²) in [5.74, 6) is 0.726. The highest BCUT2D eigenvalue weighted by atomic mass is 16.8. The van der Waals surface area contributed by atoms with Crippen LogP contribution in [-0.2, 0) is 41.8 Å². The van der Waals surface area contributed by atoms with E-state index in [0.29, 0.717) is 40.4 Å². The Kier molecular flexibility index (Phi) is 11.9. The highest BCUT2D eigenvalue weighted by molar-refractivity contribution is 5.79. The van der Waals surface area contributed by atoms with Crippen molar-refractivity contribution in [2.45, 2.75) is 152 Å². The molecule has 340 valence electrons. The highest BCUT2D eigenvalue weighted by Gasteiger charge is 2.69. The van der Waals surface area contributed by atoms with Crippen molar-refractivity contribution in [2.24, 2.45) is 50.2 Å². The van der Waals surface area contributed by atoms with Gasteiger partial charge in [-0.15, -0.1) is 0 Å². The zero-order chi connectivity index (χ0) is 45.0. The lowest BCUT2D eigenvalue weighted by Crippen LogP contribution is -2.65. The van der Waals surface area contributed by atoms with Gasteiger partial charge in [0, 0.05) is 16.1 Å². The molecule has 3 aromatic rings. The largest absolute Gasteiger partial charge is 0.485 e. The highest BCUT2D eigenvalue weighted by Crippen LogP contribution is 2.76. The van der Waals surface area contributed by atoms with Gasteiger partial charge in [-0.2, -0.15) is 0 Å². The normalized spacial score (nSPS) is 32.7. The first kappa shape index (κ1) is 44.9. The number of hydrogen-bond acceptors (Lipinski definition) is 10. The Labute approximate surface area is 373 Å². The third-order valence-corrected chi connectivity index (χ3v) is 17.5. The first-order valence-electron chi connectivity index (χ1n) is 23.5. The summed E-state index contributed by atoms with van der Waals surface area (Å²) in [4.78, 5) is 40.5. The van der Waals surface area contributed by atoms with E-state index >= 15 is 0 Å². The van der Waals surface area contributed by atoms with Gasteiger partial charge in [0.15, 0.2) is 6.61 Å². The summed E-state index contributed by atoms with van der Waals surface area (Å²) in [7, 11) is 0. The van der Waals surface area contributed by atoms with Crippen LogP contribution in [0.25, 0.3) is 11.3 Å². The second-order valence-corrected chi connectivity index (χ2v) is 21.6. The molecule has 0 aliphatic heterocycles. The van der Waals surface area contributed by atoms with E-state index in [1.165, 1.54) is 5.57 Å². The quantitative estimate of drug-likeness (QED) is 0.0747. The number of benzene rings is 2. The lowest BCUT2D eigenvalue weighted by atomic mass is 9.33. The molecule has 0 N–H and O–H groups in total. The molecular formula is C52H68N2O9. The summed E-state index contributed by atoms with van der Waals surface area (Å²) in [6.45, 7) is 19.3. The molecule has 0 spiro atoms. The van der Waals surface area contributed by atoms with E-state index in [1.54, 1.807) is 18.2 Å². The molecule has 8 rings (SSSR count). The summed E-state index contributed by atoms with van der Waals surface area (Å²) in [5, 5.41) is 16.2. The Morgan fingerprint density at radius 3 is 2.33 bits per heavy atom. The third-order valence-electron chi connectivity index (χ3n) is 17.5. The van der Waals surface area contributed by atoms with Crippen LogP contribution < -0.4 is 9.64 Å². The molecule has 0 unspecified atom stereocenters. The minimum atomic E-state index is -0.484. The minimum Gasteiger partial charge on any atom is -0.485 e. The molecule has 5 aliphatic rings. The van der Waals surface area contributed by atoms with Gasteiger partial charge >= 0.3 is 17.9 Å². The Balaban J connectivity index is 0.864. The first-order chi connectivity index (χ1) is 29.9. The summed E-state index contributed by atoms with van der Waals surface area (Å²) >= 11 is 0. The van der Waals surface area contributed by atoms with E-state index in [2.05, 4.69) is 59.7 Å². The Hall–Kier alpha value is -4.67. The number of nitrogens with zero attached hydrogens (tertiary/aromatic N) is 2. The fourth-order valence-corrected chi connectivity index (χ4v) is 13.8. The van der Waals surface area contributed by atoms with Crippen LogP contribution >= 0.6 is 0 Å². The number of fused-ring (bicyclic) bond motifs is 7. The van der Waals surface area contributed by atoms with Crippen LogP contribution in [0.3, 0.4) is 0 Å². The van der Waals surface area contributed by atoms with E-state index < -0.39 is 11.4 Å². The molecule has 2 aromatic carbocycles. The first-order valence-corrected chi connectivity index (χ1v) is 23.5. The van der Waals surface area contributed by atoms with Crippen molar-refractivity contribution in [1.82, 2.24) is 5.16 Å². The number of ether oxygens (including phenoxy) is 4. The van der Waals surface area contributed by atoms with Gasteiger partial charge in [0.05, 0.1) is 24.9 Å².